The number of piperidine rings is 2. The van der Waals surface area contributed by atoms with E-state index in [2.05, 4.69) is 24.8 Å². The Bertz CT molecular complexity index is 399. The molecular weight excluding hydrogens is 278 g/mol. The molecule has 5 heteroatoms. The Labute approximate surface area is 134 Å². The number of nitriles is 1. The second-order valence-electron chi connectivity index (χ2n) is 6.89. The molecule has 5 nitrogen and oxygen atoms in total. The molecule has 2 saturated heterocycles. The van der Waals surface area contributed by atoms with Crippen LogP contribution in [0, 0.1) is 29.1 Å². The van der Waals surface area contributed by atoms with Gasteiger partial charge in [-0.25, -0.2) is 4.79 Å². The first-order chi connectivity index (χ1) is 10.6. The van der Waals surface area contributed by atoms with Crippen molar-refractivity contribution in [2.75, 3.05) is 39.3 Å². The van der Waals surface area contributed by atoms with Gasteiger partial charge in [-0.15, -0.1) is 0 Å². The zero-order valence-electron chi connectivity index (χ0n) is 14.0. The molecule has 0 aromatic heterocycles. The van der Waals surface area contributed by atoms with E-state index in [0.717, 1.165) is 26.1 Å². The smallest absolute Gasteiger partial charge is 0.409 e. The van der Waals surface area contributed by atoms with Crippen LogP contribution in [0.2, 0.25) is 0 Å². The van der Waals surface area contributed by atoms with E-state index in [4.69, 9.17) is 4.74 Å². The number of hydrogen-bond donors (Lipinski definition) is 0. The van der Waals surface area contributed by atoms with Gasteiger partial charge in [0.05, 0.1) is 12.0 Å². The van der Waals surface area contributed by atoms with Gasteiger partial charge in [0.25, 0.3) is 0 Å². The van der Waals surface area contributed by atoms with Gasteiger partial charge in [0.15, 0.2) is 0 Å². The molecule has 124 valence electrons. The van der Waals surface area contributed by atoms with Crippen molar-refractivity contribution in [3.63, 3.8) is 0 Å². The number of nitrogens with zero attached hydrogens (tertiary/aromatic N) is 3. The molecule has 0 N–H and O–H groups in total. The second-order valence-corrected chi connectivity index (χ2v) is 6.89. The Balaban J connectivity index is 1.72. The number of ether oxygens (including phenoxy) is 1. The number of carbonyl (C=O) groups is 1. The van der Waals surface area contributed by atoms with Crippen molar-refractivity contribution in [1.82, 2.24) is 9.80 Å². The standard InChI is InChI=1S/C17H29N3O2/c1-14(2)16-6-9-20(13-15(16)12-18)17(21)22-11-10-19-7-4-3-5-8-19/h14-16H,3-11,13H2,1-2H3. The minimum absolute atomic E-state index is 0.0663. The van der Waals surface area contributed by atoms with Crippen LogP contribution in [-0.2, 0) is 4.74 Å². The number of carbonyl (C=O) groups excluding carboxylic acids is 1. The molecule has 0 aromatic carbocycles. The number of hydrogen-bond acceptors (Lipinski definition) is 4. The fourth-order valence-electron chi connectivity index (χ4n) is 3.61. The van der Waals surface area contributed by atoms with Gasteiger partial charge in [-0.05, 0) is 44.2 Å². The van der Waals surface area contributed by atoms with Gasteiger partial charge in [-0.2, -0.15) is 5.26 Å². The molecule has 2 unspecified atom stereocenters. The van der Waals surface area contributed by atoms with E-state index < -0.39 is 0 Å². The highest BCUT2D eigenvalue weighted by atomic mass is 16.6. The molecule has 0 radical (unpaired) electrons. The Morgan fingerprint density at radius 3 is 2.64 bits per heavy atom. The maximum absolute atomic E-state index is 12.2. The third-order valence-corrected chi connectivity index (χ3v) is 5.03. The van der Waals surface area contributed by atoms with Crippen molar-refractivity contribution in [2.24, 2.45) is 17.8 Å². The molecule has 2 atom stereocenters. The van der Waals surface area contributed by atoms with Crippen LogP contribution in [0.1, 0.15) is 39.5 Å². The van der Waals surface area contributed by atoms with E-state index >= 15 is 0 Å². The van der Waals surface area contributed by atoms with Gasteiger partial charge in [0.2, 0.25) is 0 Å². The first kappa shape index (κ1) is 17.1. The monoisotopic (exact) mass is 307 g/mol. The van der Waals surface area contributed by atoms with E-state index in [-0.39, 0.29) is 12.0 Å². The van der Waals surface area contributed by atoms with Crippen molar-refractivity contribution >= 4 is 6.09 Å². The third-order valence-electron chi connectivity index (χ3n) is 5.03. The summed E-state index contributed by atoms with van der Waals surface area (Å²) in [6, 6.07) is 2.37. The van der Waals surface area contributed by atoms with Gasteiger partial charge < -0.3 is 9.64 Å². The van der Waals surface area contributed by atoms with Crippen LogP contribution in [0.15, 0.2) is 0 Å². The molecular formula is C17H29N3O2. The Morgan fingerprint density at radius 1 is 1.27 bits per heavy atom. The largest absolute Gasteiger partial charge is 0.448 e. The van der Waals surface area contributed by atoms with Crippen LogP contribution in [0.3, 0.4) is 0 Å². The summed E-state index contributed by atoms with van der Waals surface area (Å²) in [6.45, 7) is 9.06. The van der Waals surface area contributed by atoms with E-state index in [1.165, 1.54) is 19.3 Å². The summed E-state index contributed by atoms with van der Waals surface area (Å²) in [7, 11) is 0. The first-order valence-electron chi connectivity index (χ1n) is 8.65. The SMILES string of the molecule is CC(C)C1CCN(C(=O)OCCN2CCCCC2)CC1C#N. The van der Waals surface area contributed by atoms with Crippen molar-refractivity contribution < 1.29 is 9.53 Å². The highest BCUT2D eigenvalue weighted by Gasteiger charge is 2.33. The third kappa shape index (κ3) is 4.61. The molecule has 0 saturated carbocycles. The summed E-state index contributed by atoms with van der Waals surface area (Å²) in [5.41, 5.74) is 0. The summed E-state index contributed by atoms with van der Waals surface area (Å²) in [5.74, 6) is 0.813. The summed E-state index contributed by atoms with van der Waals surface area (Å²) in [6.07, 6.45) is 4.47. The van der Waals surface area contributed by atoms with Crippen LogP contribution in [-0.4, -0.2) is 55.2 Å². The first-order valence-corrected chi connectivity index (χ1v) is 8.65. The Hall–Kier alpha value is -1.28. The molecule has 1 amide bonds. The summed E-state index contributed by atoms with van der Waals surface area (Å²) >= 11 is 0. The van der Waals surface area contributed by atoms with Crippen LogP contribution in [0.5, 0.6) is 0 Å². The maximum Gasteiger partial charge on any atom is 0.409 e. The average molecular weight is 307 g/mol. The summed E-state index contributed by atoms with van der Waals surface area (Å²) < 4.78 is 5.41. The lowest BCUT2D eigenvalue weighted by atomic mass is 9.79. The number of rotatable bonds is 4. The summed E-state index contributed by atoms with van der Waals surface area (Å²) in [5, 5.41) is 9.32. The topological polar surface area (TPSA) is 56.6 Å². The van der Waals surface area contributed by atoms with Gasteiger partial charge in [0, 0.05) is 19.6 Å². The predicted octanol–water partition coefficient (Wildman–Crippen LogP) is 2.73. The molecule has 0 aromatic rings. The minimum Gasteiger partial charge on any atom is -0.448 e. The van der Waals surface area contributed by atoms with E-state index in [9.17, 15) is 10.1 Å². The lowest BCUT2D eigenvalue weighted by Crippen LogP contribution is -2.45. The van der Waals surface area contributed by atoms with Gasteiger partial charge in [-0.1, -0.05) is 20.3 Å². The Morgan fingerprint density at radius 2 is 2.00 bits per heavy atom. The lowest BCUT2D eigenvalue weighted by molar-refractivity contribution is 0.0618. The van der Waals surface area contributed by atoms with Crippen LogP contribution < -0.4 is 0 Å². The molecule has 2 aliphatic rings. The zero-order valence-corrected chi connectivity index (χ0v) is 14.0. The molecule has 2 aliphatic heterocycles. The molecule has 2 heterocycles. The molecule has 22 heavy (non-hydrogen) atoms. The predicted molar refractivity (Wildman–Crippen MR) is 85.3 cm³/mol. The van der Waals surface area contributed by atoms with Crippen molar-refractivity contribution in [2.45, 2.75) is 39.5 Å². The Kier molecular flexibility index (Phi) is 6.50. The van der Waals surface area contributed by atoms with Gasteiger partial charge >= 0.3 is 6.09 Å². The quantitative estimate of drug-likeness (QED) is 0.801. The van der Waals surface area contributed by atoms with Gasteiger partial charge in [0.1, 0.15) is 6.61 Å². The molecule has 0 bridgehead atoms. The highest BCUT2D eigenvalue weighted by Crippen LogP contribution is 2.29. The lowest BCUT2D eigenvalue weighted by Gasteiger charge is -2.36. The van der Waals surface area contributed by atoms with Crippen LogP contribution >= 0.6 is 0 Å². The molecule has 0 aliphatic carbocycles. The van der Waals surface area contributed by atoms with Gasteiger partial charge in [-0.3, -0.25) is 4.90 Å². The normalized spacial score (nSPS) is 26.7. The van der Waals surface area contributed by atoms with Crippen molar-refractivity contribution in [1.29, 1.82) is 5.26 Å². The molecule has 2 fully saturated rings. The van der Waals surface area contributed by atoms with E-state index in [1.807, 2.05) is 0 Å². The van der Waals surface area contributed by atoms with Crippen LogP contribution in [0.25, 0.3) is 0 Å². The van der Waals surface area contributed by atoms with E-state index in [0.29, 0.717) is 31.5 Å². The van der Waals surface area contributed by atoms with Crippen LogP contribution in [0.4, 0.5) is 4.79 Å². The van der Waals surface area contributed by atoms with Crippen molar-refractivity contribution in [3.8, 4) is 6.07 Å². The van der Waals surface area contributed by atoms with Crippen molar-refractivity contribution in [3.05, 3.63) is 0 Å². The van der Waals surface area contributed by atoms with E-state index in [1.54, 1.807) is 4.90 Å². The number of likely N-dealkylation sites (tertiary alicyclic amines) is 2. The second kappa shape index (κ2) is 8.38. The fourth-order valence-corrected chi connectivity index (χ4v) is 3.61. The number of amides is 1. The average Bonchev–Trinajstić information content (AvgIpc) is 2.55. The zero-order chi connectivity index (χ0) is 15.9. The fraction of sp³-hybridized carbons (Fsp3) is 0.882. The maximum atomic E-state index is 12.2. The molecule has 0 spiro atoms. The highest BCUT2D eigenvalue weighted by molar-refractivity contribution is 5.67. The summed E-state index contributed by atoms with van der Waals surface area (Å²) in [4.78, 5) is 16.2. The molecule has 2 rings (SSSR count). The minimum atomic E-state index is -0.250.